The van der Waals surface area contributed by atoms with E-state index in [1.165, 1.54) is 5.69 Å². The molecule has 4 heterocycles. The quantitative estimate of drug-likeness (QED) is 0.483. The van der Waals surface area contributed by atoms with Gasteiger partial charge >= 0.3 is 0 Å². The Morgan fingerprint density at radius 3 is 2.88 bits per heavy atom. The lowest BCUT2D eigenvalue weighted by molar-refractivity contribution is 0.0726. The minimum absolute atomic E-state index is 0.0575. The summed E-state index contributed by atoms with van der Waals surface area (Å²) in [6.45, 7) is 6.34. The molecular formula is C25H25N5O2. The van der Waals surface area contributed by atoms with Crippen LogP contribution in [-0.4, -0.2) is 37.1 Å². The van der Waals surface area contributed by atoms with Gasteiger partial charge in [-0.2, -0.15) is 5.10 Å². The first-order chi connectivity index (χ1) is 15.6. The SMILES string of the molecule is CCn1nc(COc2cc(C)ccn2)c2c1CCN(C(=O)c1ccc3ccccc3n1)C2. The second-order valence-corrected chi connectivity index (χ2v) is 8.01. The number of carbonyl (C=O) groups is 1. The van der Waals surface area contributed by atoms with Gasteiger partial charge in [0, 0.05) is 55.0 Å². The number of pyridine rings is 2. The molecule has 5 rings (SSSR count). The highest BCUT2D eigenvalue weighted by Crippen LogP contribution is 2.25. The molecule has 1 aromatic carbocycles. The van der Waals surface area contributed by atoms with Gasteiger partial charge in [-0.05, 0) is 37.6 Å². The van der Waals surface area contributed by atoms with Crippen LogP contribution in [-0.2, 0) is 26.1 Å². The zero-order valence-electron chi connectivity index (χ0n) is 18.3. The normalized spacial score (nSPS) is 13.2. The molecule has 0 bridgehead atoms. The van der Waals surface area contributed by atoms with E-state index in [9.17, 15) is 4.79 Å². The van der Waals surface area contributed by atoms with Gasteiger partial charge in [-0.1, -0.05) is 24.3 Å². The smallest absolute Gasteiger partial charge is 0.272 e. The van der Waals surface area contributed by atoms with Gasteiger partial charge < -0.3 is 9.64 Å². The predicted molar refractivity (Wildman–Crippen MR) is 121 cm³/mol. The first-order valence-corrected chi connectivity index (χ1v) is 10.9. The van der Waals surface area contributed by atoms with Crippen LogP contribution in [0.5, 0.6) is 5.88 Å². The molecule has 32 heavy (non-hydrogen) atoms. The number of para-hydroxylation sites is 1. The standard InChI is InChI=1S/C25H25N5O2/c1-3-30-23-11-13-29(25(31)21-9-8-18-6-4-5-7-20(18)27-21)15-19(23)22(28-30)16-32-24-14-17(2)10-12-26-24/h4-10,12,14H,3,11,13,15-16H2,1-2H3. The molecule has 0 atom stereocenters. The van der Waals surface area contributed by atoms with E-state index in [-0.39, 0.29) is 5.91 Å². The van der Waals surface area contributed by atoms with Crippen molar-refractivity contribution in [3.05, 3.63) is 82.9 Å². The number of hydrogen-bond acceptors (Lipinski definition) is 5. The molecule has 7 heteroatoms. The number of carbonyl (C=O) groups excluding carboxylic acids is 1. The summed E-state index contributed by atoms with van der Waals surface area (Å²) in [5.41, 5.74) is 5.50. The Morgan fingerprint density at radius 2 is 2.03 bits per heavy atom. The van der Waals surface area contributed by atoms with Crippen molar-refractivity contribution in [2.45, 2.75) is 40.0 Å². The van der Waals surface area contributed by atoms with Crippen LogP contribution in [0.4, 0.5) is 0 Å². The molecule has 4 aromatic rings. The highest BCUT2D eigenvalue weighted by atomic mass is 16.5. The summed E-state index contributed by atoms with van der Waals surface area (Å²) < 4.78 is 7.94. The number of fused-ring (bicyclic) bond motifs is 2. The number of nitrogens with zero attached hydrogens (tertiary/aromatic N) is 5. The maximum Gasteiger partial charge on any atom is 0.272 e. The Bertz CT molecular complexity index is 1300. The summed E-state index contributed by atoms with van der Waals surface area (Å²) in [5.74, 6) is 0.520. The van der Waals surface area contributed by atoms with E-state index in [0.29, 0.717) is 31.3 Å². The summed E-state index contributed by atoms with van der Waals surface area (Å²) in [6, 6.07) is 15.4. The van der Waals surface area contributed by atoms with Crippen LogP contribution in [0.15, 0.2) is 54.7 Å². The minimum atomic E-state index is -0.0575. The third-order valence-corrected chi connectivity index (χ3v) is 5.87. The number of benzene rings is 1. The monoisotopic (exact) mass is 427 g/mol. The maximum absolute atomic E-state index is 13.3. The van der Waals surface area contributed by atoms with Gasteiger partial charge in [0.05, 0.1) is 5.52 Å². The molecule has 0 spiro atoms. The zero-order chi connectivity index (χ0) is 22.1. The van der Waals surface area contributed by atoms with Gasteiger partial charge in [0.1, 0.15) is 18.0 Å². The fourth-order valence-electron chi connectivity index (χ4n) is 4.19. The lowest BCUT2D eigenvalue weighted by Gasteiger charge is -2.27. The first-order valence-electron chi connectivity index (χ1n) is 10.9. The van der Waals surface area contributed by atoms with Crippen molar-refractivity contribution < 1.29 is 9.53 Å². The molecule has 162 valence electrons. The second-order valence-electron chi connectivity index (χ2n) is 8.01. The van der Waals surface area contributed by atoms with E-state index in [2.05, 4.69) is 16.9 Å². The Morgan fingerprint density at radius 1 is 1.16 bits per heavy atom. The molecule has 0 saturated carbocycles. The van der Waals surface area contributed by atoms with Crippen LogP contribution in [0.3, 0.4) is 0 Å². The highest BCUT2D eigenvalue weighted by Gasteiger charge is 2.28. The third kappa shape index (κ3) is 3.82. The van der Waals surface area contributed by atoms with Crippen LogP contribution in [0, 0.1) is 6.92 Å². The molecule has 1 aliphatic heterocycles. The van der Waals surface area contributed by atoms with Gasteiger partial charge in [0.15, 0.2) is 0 Å². The molecule has 1 aliphatic rings. The topological polar surface area (TPSA) is 73.1 Å². The van der Waals surface area contributed by atoms with Crippen molar-refractivity contribution in [2.75, 3.05) is 6.54 Å². The van der Waals surface area contributed by atoms with E-state index < -0.39 is 0 Å². The lowest BCUT2D eigenvalue weighted by atomic mass is 10.0. The molecule has 7 nitrogen and oxygen atoms in total. The van der Waals surface area contributed by atoms with Crippen molar-refractivity contribution in [3.63, 3.8) is 0 Å². The van der Waals surface area contributed by atoms with Gasteiger partial charge in [-0.15, -0.1) is 0 Å². The number of rotatable bonds is 5. The molecule has 3 aromatic heterocycles. The van der Waals surface area contributed by atoms with Crippen LogP contribution >= 0.6 is 0 Å². The fraction of sp³-hybridized carbons (Fsp3) is 0.280. The van der Waals surface area contributed by atoms with Crippen molar-refractivity contribution in [1.29, 1.82) is 0 Å². The van der Waals surface area contributed by atoms with Crippen LogP contribution < -0.4 is 4.74 Å². The van der Waals surface area contributed by atoms with Crippen molar-refractivity contribution in [3.8, 4) is 5.88 Å². The van der Waals surface area contributed by atoms with Gasteiger partial charge in [0.25, 0.3) is 5.91 Å². The second kappa shape index (κ2) is 8.42. The molecular weight excluding hydrogens is 402 g/mol. The molecule has 0 aliphatic carbocycles. The van der Waals surface area contributed by atoms with Gasteiger partial charge in [-0.25, -0.2) is 9.97 Å². The maximum atomic E-state index is 13.3. The van der Waals surface area contributed by atoms with E-state index in [0.717, 1.165) is 40.7 Å². The van der Waals surface area contributed by atoms with Crippen LogP contribution in [0.2, 0.25) is 0 Å². The summed E-state index contributed by atoms with van der Waals surface area (Å²) in [5, 5.41) is 5.79. The highest BCUT2D eigenvalue weighted by molar-refractivity contribution is 5.95. The minimum Gasteiger partial charge on any atom is -0.471 e. The van der Waals surface area contributed by atoms with E-state index in [1.54, 1.807) is 6.20 Å². The van der Waals surface area contributed by atoms with E-state index in [4.69, 9.17) is 9.84 Å². The number of amides is 1. The molecule has 0 radical (unpaired) electrons. The Balaban J connectivity index is 1.38. The largest absolute Gasteiger partial charge is 0.471 e. The average molecular weight is 428 g/mol. The molecule has 0 N–H and O–H groups in total. The third-order valence-electron chi connectivity index (χ3n) is 5.87. The lowest BCUT2D eigenvalue weighted by Crippen LogP contribution is -2.37. The number of hydrogen-bond donors (Lipinski definition) is 0. The predicted octanol–water partition coefficient (Wildman–Crippen LogP) is 3.93. The number of aromatic nitrogens is 4. The fourth-order valence-corrected chi connectivity index (χ4v) is 4.19. The van der Waals surface area contributed by atoms with Crippen LogP contribution in [0.1, 0.15) is 39.9 Å². The van der Waals surface area contributed by atoms with E-state index >= 15 is 0 Å². The number of aryl methyl sites for hydroxylation is 2. The number of ether oxygens (including phenoxy) is 1. The van der Waals surface area contributed by atoms with Crippen molar-refractivity contribution >= 4 is 16.8 Å². The first kappa shape index (κ1) is 20.2. The van der Waals surface area contributed by atoms with E-state index in [1.807, 2.05) is 65.0 Å². The Kier molecular flexibility index (Phi) is 5.31. The Labute approximate surface area is 186 Å². The Hall–Kier alpha value is -3.74. The van der Waals surface area contributed by atoms with Gasteiger partial charge in [0.2, 0.25) is 5.88 Å². The van der Waals surface area contributed by atoms with Gasteiger partial charge in [-0.3, -0.25) is 9.48 Å². The molecule has 0 saturated heterocycles. The van der Waals surface area contributed by atoms with Crippen LogP contribution in [0.25, 0.3) is 10.9 Å². The summed E-state index contributed by atoms with van der Waals surface area (Å²) in [4.78, 5) is 24.0. The zero-order valence-corrected chi connectivity index (χ0v) is 18.3. The average Bonchev–Trinajstić information content (AvgIpc) is 3.19. The summed E-state index contributed by atoms with van der Waals surface area (Å²) in [6.07, 6.45) is 2.50. The van der Waals surface area contributed by atoms with Crippen molar-refractivity contribution in [1.82, 2.24) is 24.6 Å². The summed E-state index contributed by atoms with van der Waals surface area (Å²) in [7, 11) is 0. The summed E-state index contributed by atoms with van der Waals surface area (Å²) >= 11 is 0. The van der Waals surface area contributed by atoms with Crippen molar-refractivity contribution in [2.24, 2.45) is 0 Å². The molecule has 0 unspecified atom stereocenters. The molecule has 1 amide bonds. The molecule has 0 fully saturated rings.